The van der Waals surface area contributed by atoms with Crippen molar-refractivity contribution in [3.63, 3.8) is 0 Å². The van der Waals surface area contributed by atoms with E-state index in [0.29, 0.717) is 18.4 Å². The second-order valence-corrected chi connectivity index (χ2v) is 7.27. The fourth-order valence-electron chi connectivity index (χ4n) is 2.12. The Morgan fingerprint density at radius 2 is 1.95 bits per heavy atom. The van der Waals surface area contributed by atoms with Gasteiger partial charge in [0.25, 0.3) is 5.91 Å². The molecule has 1 aromatic carbocycles. The molecule has 0 saturated carbocycles. The third kappa shape index (κ3) is 4.84. The van der Waals surface area contributed by atoms with Gasteiger partial charge in [-0.3, -0.25) is 9.59 Å². The van der Waals surface area contributed by atoms with Crippen LogP contribution in [0.5, 0.6) is 0 Å². The van der Waals surface area contributed by atoms with Gasteiger partial charge in [-0.05, 0) is 31.0 Å². The highest BCUT2D eigenvalue weighted by atomic mass is 32.2. The first kappa shape index (κ1) is 18.2. The average Bonchev–Trinajstić information content (AvgIpc) is 2.41. The topological polar surface area (TPSA) is 101 Å². The molecule has 0 spiro atoms. The van der Waals surface area contributed by atoms with Crippen LogP contribution in [0.3, 0.4) is 0 Å². The zero-order chi connectivity index (χ0) is 16.9. The summed E-state index contributed by atoms with van der Waals surface area (Å²) in [5.74, 6) is -2.08. The lowest BCUT2D eigenvalue weighted by Crippen LogP contribution is -2.33. The maximum Gasteiger partial charge on any atom is 0.308 e. The number of carbonyl (C=O) groups excluding carboxylic acids is 1. The van der Waals surface area contributed by atoms with Gasteiger partial charge in [0.1, 0.15) is 0 Å². The van der Waals surface area contributed by atoms with Gasteiger partial charge >= 0.3 is 5.97 Å². The second kappa shape index (κ2) is 7.40. The molecule has 0 heterocycles. The lowest BCUT2D eigenvalue weighted by Gasteiger charge is -2.13. The zero-order valence-electron chi connectivity index (χ0n) is 12.9. The Morgan fingerprint density at radius 1 is 1.32 bits per heavy atom. The fraction of sp³-hybridized carbons (Fsp3) is 0.467. The highest BCUT2D eigenvalue weighted by molar-refractivity contribution is 7.90. The smallest absolute Gasteiger partial charge is 0.308 e. The van der Waals surface area contributed by atoms with Gasteiger partial charge in [-0.1, -0.05) is 19.4 Å². The molecular weight excluding hydrogens is 306 g/mol. The highest BCUT2D eigenvalue weighted by Crippen LogP contribution is 2.17. The number of rotatable bonds is 7. The number of aryl methyl sites for hydroxylation is 1. The lowest BCUT2D eigenvalue weighted by molar-refractivity contribution is -0.141. The van der Waals surface area contributed by atoms with E-state index in [1.165, 1.54) is 12.1 Å². The highest BCUT2D eigenvalue weighted by Gasteiger charge is 2.19. The maximum absolute atomic E-state index is 12.1. The Morgan fingerprint density at radius 3 is 2.45 bits per heavy atom. The van der Waals surface area contributed by atoms with Gasteiger partial charge in [0, 0.05) is 18.4 Å². The summed E-state index contributed by atoms with van der Waals surface area (Å²) in [6.45, 7) is 3.54. The molecule has 0 bridgehead atoms. The van der Waals surface area contributed by atoms with Crippen LogP contribution in [0, 0.1) is 12.8 Å². The van der Waals surface area contributed by atoms with E-state index in [1.807, 2.05) is 6.92 Å². The summed E-state index contributed by atoms with van der Waals surface area (Å²) in [4.78, 5) is 23.2. The number of amides is 1. The van der Waals surface area contributed by atoms with Crippen molar-refractivity contribution >= 4 is 21.7 Å². The molecule has 0 aliphatic carbocycles. The van der Waals surface area contributed by atoms with Crippen molar-refractivity contribution in [2.24, 2.45) is 5.92 Å². The largest absolute Gasteiger partial charge is 0.481 e. The number of nitrogens with one attached hydrogen (secondary N) is 1. The SMILES string of the molecule is CCCC(CNC(=O)c1ccc(C)c(S(C)(=O)=O)c1)C(=O)O. The molecule has 0 aliphatic heterocycles. The summed E-state index contributed by atoms with van der Waals surface area (Å²) in [6.07, 6.45) is 2.26. The number of benzene rings is 1. The minimum Gasteiger partial charge on any atom is -0.481 e. The third-order valence-corrected chi connectivity index (χ3v) is 4.58. The number of carboxylic acid groups (broad SMARTS) is 1. The van der Waals surface area contributed by atoms with E-state index >= 15 is 0 Å². The lowest BCUT2D eigenvalue weighted by atomic mass is 10.0. The molecule has 6 nitrogen and oxygen atoms in total. The first-order valence-electron chi connectivity index (χ1n) is 6.98. The van der Waals surface area contributed by atoms with Gasteiger partial charge in [-0.25, -0.2) is 8.42 Å². The molecule has 1 atom stereocenters. The molecule has 0 aromatic heterocycles. The van der Waals surface area contributed by atoms with Crippen molar-refractivity contribution < 1.29 is 23.1 Å². The van der Waals surface area contributed by atoms with Crippen molar-refractivity contribution in [3.05, 3.63) is 29.3 Å². The van der Waals surface area contributed by atoms with E-state index in [2.05, 4.69) is 5.32 Å². The van der Waals surface area contributed by atoms with Gasteiger partial charge in [0.2, 0.25) is 0 Å². The summed E-state index contributed by atoms with van der Waals surface area (Å²) in [7, 11) is -3.42. The number of carboxylic acids is 1. The molecule has 2 N–H and O–H groups in total. The Balaban J connectivity index is 2.89. The first-order chi connectivity index (χ1) is 10.2. The molecule has 7 heteroatoms. The molecule has 1 rings (SSSR count). The molecule has 0 saturated heterocycles. The van der Waals surface area contributed by atoms with Gasteiger partial charge in [0.15, 0.2) is 9.84 Å². The van der Waals surface area contributed by atoms with Crippen LogP contribution in [0.15, 0.2) is 23.1 Å². The molecule has 1 amide bonds. The summed E-state index contributed by atoms with van der Waals surface area (Å²) >= 11 is 0. The van der Waals surface area contributed by atoms with Gasteiger partial charge in [-0.15, -0.1) is 0 Å². The summed E-state index contributed by atoms with van der Waals surface area (Å²) in [5, 5.41) is 11.6. The van der Waals surface area contributed by atoms with Crippen LogP contribution in [0.4, 0.5) is 0 Å². The number of hydrogen-bond acceptors (Lipinski definition) is 4. The average molecular weight is 327 g/mol. The summed E-state index contributed by atoms with van der Waals surface area (Å²) in [5.41, 5.74) is 0.764. The Labute approximate surface area is 130 Å². The van der Waals surface area contributed by atoms with Crippen LogP contribution in [0.2, 0.25) is 0 Å². The van der Waals surface area contributed by atoms with E-state index in [-0.39, 0.29) is 17.0 Å². The molecule has 0 fully saturated rings. The number of hydrogen-bond donors (Lipinski definition) is 2. The molecule has 0 aliphatic rings. The fourth-order valence-corrected chi connectivity index (χ4v) is 3.11. The van der Waals surface area contributed by atoms with Crippen molar-refractivity contribution in [2.45, 2.75) is 31.6 Å². The molecule has 122 valence electrons. The Hall–Kier alpha value is -1.89. The quantitative estimate of drug-likeness (QED) is 0.793. The van der Waals surface area contributed by atoms with E-state index in [4.69, 9.17) is 5.11 Å². The van der Waals surface area contributed by atoms with E-state index in [9.17, 15) is 18.0 Å². The van der Waals surface area contributed by atoms with E-state index in [0.717, 1.165) is 6.26 Å². The van der Waals surface area contributed by atoms with Crippen LogP contribution >= 0.6 is 0 Å². The predicted molar refractivity (Wildman–Crippen MR) is 82.7 cm³/mol. The third-order valence-electron chi connectivity index (χ3n) is 3.35. The zero-order valence-corrected chi connectivity index (χ0v) is 13.7. The maximum atomic E-state index is 12.1. The van der Waals surface area contributed by atoms with Crippen LogP contribution in [-0.2, 0) is 14.6 Å². The van der Waals surface area contributed by atoms with Crippen LogP contribution in [-0.4, -0.2) is 38.2 Å². The summed E-state index contributed by atoms with van der Waals surface area (Å²) in [6, 6.07) is 4.40. The number of aliphatic carboxylic acids is 1. The molecule has 1 aromatic rings. The minimum absolute atomic E-state index is 0.0179. The molecule has 0 radical (unpaired) electrons. The normalized spacial score (nSPS) is 12.7. The van der Waals surface area contributed by atoms with E-state index < -0.39 is 27.6 Å². The monoisotopic (exact) mass is 327 g/mol. The van der Waals surface area contributed by atoms with Crippen molar-refractivity contribution in [1.29, 1.82) is 0 Å². The van der Waals surface area contributed by atoms with Gasteiger partial charge in [-0.2, -0.15) is 0 Å². The standard InChI is InChI=1S/C15H21NO5S/c1-4-5-12(15(18)19)9-16-14(17)11-7-6-10(2)13(8-11)22(3,20)21/h6-8,12H,4-5,9H2,1-3H3,(H,16,17)(H,18,19). The molecule has 1 unspecified atom stereocenters. The van der Waals surface area contributed by atoms with Crippen LogP contribution in [0.25, 0.3) is 0 Å². The van der Waals surface area contributed by atoms with Crippen LogP contribution in [0.1, 0.15) is 35.7 Å². The minimum atomic E-state index is -3.42. The first-order valence-corrected chi connectivity index (χ1v) is 8.87. The Kier molecular flexibility index (Phi) is 6.11. The van der Waals surface area contributed by atoms with Crippen molar-refractivity contribution in [2.75, 3.05) is 12.8 Å². The molecular formula is C15H21NO5S. The Bertz CT molecular complexity index is 667. The van der Waals surface area contributed by atoms with Crippen LogP contribution < -0.4 is 5.32 Å². The number of sulfone groups is 1. The van der Waals surface area contributed by atoms with Crippen molar-refractivity contribution in [3.8, 4) is 0 Å². The number of carbonyl (C=O) groups is 2. The molecule has 22 heavy (non-hydrogen) atoms. The second-order valence-electron chi connectivity index (χ2n) is 5.29. The van der Waals surface area contributed by atoms with Gasteiger partial charge < -0.3 is 10.4 Å². The predicted octanol–water partition coefficient (Wildman–Crippen LogP) is 1.63. The van der Waals surface area contributed by atoms with Gasteiger partial charge in [0.05, 0.1) is 10.8 Å². The van der Waals surface area contributed by atoms with E-state index in [1.54, 1.807) is 13.0 Å². The van der Waals surface area contributed by atoms with Crippen molar-refractivity contribution in [1.82, 2.24) is 5.32 Å². The summed E-state index contributed by atoms with van der Waals surface area (Å²) < 4.78 is 23.3.